The molecular formula is C24H20N4O2. The third kappa shape index (κ3) is 2.93. The molecule has 4 aromatic rings. The number of benzene rings is 2. The van der Waals surface area contributed by atoms with Gasteiger partial charge in [-0.3, -0.25) is 0 Å². The molecule has 0 aliphatic carbocycles. The lowest BCUT2D eigenvalue weighted by molar-refractivity contribution is -0.136. The van der Waals surface area contributed by atoms with Crippen LogP contribution in [-0.4, -0.2) is 32.4 Å². The van der Waals surface area contributed by atoms with Gasteiger partial charge in [0.25, 0.3) is 0 Å². The van der Waals surface area contributed by atoms with Crippen molar-refractivity contribution in [3.05, 3.63) is 83.8 Å². The summed E-state index contributed by atoms with van der Waals surface area (Å²) in [6, 6.07) is 18.3. The Morgan fingerprint density at radius 3 is 2.57 bits per heavy atom. The van der Waals surface area contributed by atoms with E-state index in [1.165, 1.54) is 12.7 Å². The third-order valence-electron chi connectivity index (χ3n) is 5.28. The first-order valence-electron chi connectivity index (χ1n) is 9.71. The molecule has 0 amide bonds. The number of ether oxygens (including phenoxy) is 1. The maximum atomic E-state index is 12.4. The zero-order valence-electron chi connectivity index (χ0n) is 16.7. The molecule has 2 aromatic heterocycles. The number of imidazole rings is 1. The van der Waals surface area contributed by atoms with Crippen molar-refractivity contribution in [3.8, 4) is 28.3 Å². The summed E-state index contributed by atoms with van der Waals surface area (Å²) in [4.78, 5) is 17.0. The van der Waals surface area contributed by atoms with E-state index in [4.69, 9.17) is 9.84 Å². The van der Waals surface area contributed by atoms with Crippen molar-refractivity contribution in [1.29, 1.82) is 0 Å². The summed E-state index contributed by atoms with van der Waals surface area (Å²) in [5, 5.41) is 4.90. The van der Waals surface area contributed by atoms with Gasteiger partial charge in [-0.15, -0.1) is 0 Å². The Morgan fingerprint density at radius 1 is 1.07 bits per heavy atom. The molecule has 6 nitrogen and oxygen atoms in total. The second-order valence-electron chi connectivity index (χ2n) is 7.26. The average molecular weight is 396 g/mol. The SMILES string of the molecule is COC(=O)C1=Cc2nn(-c3ccccc3)c(-c3ccc(C)cc3)c2-c2nccn2C1. The first-order chi connectivity index (χ1) is 14.7. The van der Waals surface area contributed by atoms with Crippen molar-refractivity contribution in [1.82, 2.24) is 19.3 Å². The Bertz CT molecular complexity index is 1260. The summed E-state index contributed by atoms with van der Waals surface area (Å²) in [6.45, 7) is 2.45. The Kier molecular flexibility index (Phi) is 4.32. The number of hydrogen-bond donors (Lipinski definition) is 0. The highest BCUT2D eigenvalue weighted by Crippen LogP contribution is 2.39. The minimum Gasteiger partial charge on any atom is -0.466 e. The Morgan fingerprint density at radius 2 is 1.83 bits per heavy atom. The molecule has 5 rings (SSSR count). The number of methoxy groups -OCH3 is 1. The Labute approximate surface area is 174 Å². The van der Waals surface area contributed by atoms with E-state index in [9.17, 15) is 4.79 Å². The summed E-state index contributed by atoms with van der Waals surface area (Å²) in [6.07, 6.45) is 5.44. The van der Waals surface area contributed by atoms with Gasteiger partial charge < -0.3 is 9.30 Å². The third-order valence-corrected chi connectivity index (χ3v) is 5.28. The van der Waals surface area contributed by atoms with Crippen molar-refractivity contribution in [3.63, 3.8) is 0 Å². The predicted molar refractivity (Wildman–Crippen MR) is 115 cm³/mol. The molecule has 0 bridgehead atoms. The Balaban J connectivity index is 1.85. The van der Waals surface area contributed by atoms with Gasteiger partial charge in [0.1, 0.15) is 5.82 Å². The van der Waals surface area contributed by atoms with Gasteiger partial charge in [0.05, 0.1) is 41.9 Å². The fourth-order valence-electron chi connectivity index (χ4n) is 3.80. The molecule has 0 spiro atoms. The molecule has 30 heavy (non-hydrogen) atoms. The monoisotopic (exact) mass is 396 g/mol. The lowest BCUT2D eigenvalue weighted by Gasteiger charge is -2.12. The van der Waals surface area contributed by atoms with Crippen LogP contribution in [0.1, 0.15) is 11.3 Å². The zero-order valence-corrected chi connectivity index (χ0v) is 16.7. The standard InChI is InChI=1S/C24H20N4O2/c1-16-8-10-17(11-9-16)22-21-20(26-28(22)19-6-4-3-5-7-19)14-18(24(29)30-2)15-27-13-12-25-23(21)27/h3-14H,15H2,1-2H3. The smallest absolute Gasteiger partial charge is 0.335 e. The van der Waals surface area contributed by atoms with E-state index in [-0.39, 0.29) is 5.97 Å². The second kappa shape index (κ2) is 7.15. The summed E-state index contributed by atoms with van der Waals surface area (Å²) >= 11 is 0. The van der Waals surface area contributed by atoms with Gasteiger partial charge in [0, 0.05) is 18.0 Å². The van der Waals surface area contributed by atoms with Gasteiger partial charge in [-0.1, -0.05) is 48.0 Å². The molecular weight excluding hydrogens is 376 g/mol. The van der Waals surface area contributed by atoms with Gasteiger partial charge in [0.2, 0.25) is 0 Å². The highest BCUT2D eigenvalue weighted by molar-refractivity contribution is 5.97. The van der Waals surface area contributed by atoms with Crippen LogP contribution in [0.15, 0.2) is 72.6 Å². The van der Waals surface area contributed by atoms with Crippen LogP contribution in [0.4, 0.5) is 0 Å². The molecule has 0 unspecified atom stereocenters. The van der Waals surface area contributed by atoms with Gasteiger partial charge in [-0.25, -0.2) is 14.5 Å². The minimum absolute atomic E-state index is 0.367. The number of rotatable bonds is 3. The molecule has 0 fully saturated rings. The van der Waals surface area contributed by atoms with Crippen LogP contribution in [-0.2, 0) is 16.1 Å². The molecule has 3 heterocycles. The summed E-state index contributed by atoms with van der Waals surface area (Å²) in [5.41, 5.74) is 6.21. The molecule has 1 aliphatic rings. The van der Waals surface area contributed by atoms with Crippen molar-refractivity contribution in [2.45, 2.75) is 13.5 Å². The highest BCUT2D eigenvalue weighted by Gasteiger charge is 2.28. The molecule has 0 saturated carbocycles. The van der Waals surface area contributed by atoms with E-state index in [2.05, 4.69) is 36.2 Å². The fourth-order valence-corrected chi connectivity index (χ4v) is 3.80. The van der Waals surface area contributed by atoms with Gasteiger partial charge >= 0.3 is 5.97 Å². The van der Waals surface area contributed by atoms with Crippen LogP contribution in [0.5, 0.6) is 0 Å². The number of nitrogens with zero attached hydrogens (tertiary/aromatic N) is 4. The van der Waals surface area contributed by atoms with E-state index in [0.717, 1.165) is 28.3 Å². The number of carbonyl (C=O) groups excluding carboxylic acids is 1. The summed E-state index contributed by atoms with van der Waals surface area (Å²) < 4.78 is 8.88. The van der Waals surface area contributed by atoms with E-state index in [1.807, 2.05) is 51.9 Å². The maximum Gasteiger partial charge on any atom is 0.335 e. The number of esters is 1. The fraction of sp³-hybridized carbons (Fsp3) is 0.125. The van der Waals surface area contributed by atoms with Crippen LogP contribution in [0.25, 0.3) is 34.4 Å². The normalized spacial score (nSPS) is 12.5. The number of para-hydroxylation sites is 1. The van der Waals surface area contributed by atoms with E-state index in [1.54, 1.807) is 6.20 Å². The molecule has 0 N–H and O–H groups in total. The van der Waals surface area contributed by atoms with Crippen molar-refractivity contribution in [2.75, 3.05) is 7.11 Å². The van der Waals surface area contributed by atoms with Crippen LogP contribution < -0.4 is 0 Å². The Hall–Kier alpha value is -3.93. The first kappa shape index (κ1) is 18.1. The number of hydrogen-bond acceptors (Lipinski definition) is 4. The lowest BCUT2D eigenvalue weighted by atomic mass is 10.0. The zero-order chi connectivity index (χ0) is 20.7. The summed E-state index contributed by atoms with van der Waals surface area (Å²) in [5.74, 6) is 0.409. The van der Waals surface area contributed by atoms with E-state index >= 15 is 0 Å². The van der Waals surface area contributed by atoms with Crippen LogP contribution in [0, 0.1) is 6.92 Å². The number of aryl methyl sites for hydroxylation is 1. The topological polar surface area (TPSA) is 61.9 Å². The van der Waals surface area contributed by atoms with Crippen LogP contribution >= 0.6 is 0 Å². The maximum absolute atomic E-state index is 12.4. The number of fused-ring (bicyclic) bond motifs is 3. The summed E-state index contributed by atoms with van der Waals surface area (Å²) in [7, 11) is 1.39. The van der Waals surface area contributed by atoms with E-state index in [0.29, 0.717) is 17.8 Å². The molecule has 0 saturated heterocycles. The largest absolute Gasteiger partial charge is 0.466 e. The van der Waals surface area contributed by atoms with E-state index < -0.39 is 0 Å². The highest BCUT2D eigenvalue weighted by atomic mass is 16.5. The lowest BCUT2D eigenvalue weighted by Crippen LogP contribution is -2.11. The number of carbonyl (C=O) groups is 1. The van der Waals surface area contributed by atoms with Crippen LogP contribution in [0.2, 0.25) is 0 Å². The van der Waals surface area contributed by atoms with Crippen molar-refractivity contribution in [2.24, 2.45) is 0 Å². The molecule has 1 aliphatic heterocycles. The van der Waals surface area contributed by atoms with Gasteiger partial charge in [-0.05, 0) is 25.1 Å². The molecule has 0 atom stereocenters. The van der Waals surface area contributed by atoms with Crippen molar-refractivity contribution < 1.29 is 9.53 Å². The second-order valence-corrected chi connectivity index (χ2v) is 7.26. The van der Waals surface area contributed by atoms with Crippen LogP contribution in [0.3, 0.4) is 0 Å². The molecule has 0 radical (unpaired) electrons. The quantitative estimate of drug-likeness (QED) is 0.485. The predicted octanol–water partition coefficient (Wildman–Crippen LogP) is 4.28. The van der Waals surface area contributed by atoms with Gasteiger partial charge in [-0.2, -0.15) is 5.10 Å². The van der Waals surface area contributed by atoms with Crippen molar-refractivity contribution >= 4 is 12.0 Å². The molecule has 6 heteroatoms. The average Bonchev–Trinajstić information content (AvgIpc) is 3.35. The molecule has 148 valence electrons. The van der Waals surface area contributed by atoms with Gasteiger partial charge in [0.15, 0.2) is 0 Å². The molecule has 2 aromatic carbocycles. The minimum atomic E-state index is -0.367. The number of aromatic nitrogens is 4. The first-order valence-corrected chi connectivity index (χ1v) is 9.71.